The van der Waals surface area contributed by atoms with Gasteiger partial charge in [0, 0.05) is 33.0 Å². The molecule has 0 unspecified atom stereocenters. The maximum atomic E-state index is 11.9. The molecular formula is C16H13BrClNO. The molecule has 0 spiro atoms. The molecule has 0 bridgehead atoms. The maximum absolute atomic E-state index is 11.9. The van der Waals surface area contributed by atoms with E-state index in [0.717, 1.165) is 15.7 Å². The zero-order valence-electron chi connectivity index (χ0n) is 10.9. The van der Waals surface area contributed by atoms with Crippen molar-refractivity contribution in [2.45, 2.75) is 6.92 Å². The lowest BCUT2D eigenvalue weighted by Gasteiger charge is -2.03. The number of ketones is 1. The van der Waals surface area contributed by atoms with E-state index in [1.165, 1.54) is 6.08 Å². The van der Waals surface area contributed by atoms with Gasteiger partial charge in [-0.05, 0) is 55.0 Å². The molecule has 0 aliphatic heterocycles. The van der Waals surface area contributed by atoms with E-state index >= 15 is 0 Å². The van der Waals surface area contributed by atoms with E-state index in [1.807, 2.05) is 25.1 Å². The summed E-state index contributed by atoms with van der Waals surface area (Å²) in [6, 6.07) is 12.7. The van der Waals surface area contributed by atoms with E-state index in [1.54, 1.807) is 30.5 Å². The summed E-state index contributed by atoms with van der Waals surface area (Å²) in [7, 11) is 0. The van der Waals surface area contributed by atoms with E-state index in [2.05, 4.69) is 21.2 Å². The number of allylic oxidation sites excluding steroid dienone is 1. The van der Waals surface area contributed by atoms with Crippen LogP contribution >= 0.6 is 27.5 Å². The lowest BCUT2D eigenvalue weighted by molar-refractivity contribution is 0.104. The minimum Gasteiger partial charge on any atom is -0.362 e. The van der Waals surface area contributed by atoms with Gasteiger partial charge in [-0.3, -0.25) is 4.79 Å². The van der Waals surface area contributed by atoms with Crippen molar-refractivity contribution in [2.75, 3.05) is 5.32 Å². The third-order valence-electron chi connectivity index (χ3n) is 2.77. The van der Waals surface area contributed by atoms with Gasteiger partial charge in [-0.1, -0.05) is 27.5 Å². The van der Waals surface area contributed by atoms with Gasteiger partial charge in [0.2, 0.25) is 0 Å². The number of rotatable bonds is 4. The van der Waals surface area contributed by atoms with Gasteiger partial charge in [0.15, 0.2) is 5.78 Å². The molecule has 0 aromatic heterocycles. The van der Waals surface area contributed by atoms with Crippen LogP contribution in [0.25, 0.3) is 0 Å². The van der Waals surface area contributed by atoms with E-state index in [-0.39, 0.29) is 5.78 Å². The van der Waals surface area contributed by atoms with Crippen molar-refractivity contribution in [2.24, 2.45) is 0 Å². The lowest BCUT2D eigenvalue weighted by atomic mass is 10.1. The zero-order valence-corrected chi connectivity index (χ0v) is 13.2. The highest BCUT2D eigenvalue weighted by Crippen LogP contribution is 2.20. The normalized spacial score (nSPS) is 10.8. The molecule has 0 atom stereocenters. The molecule has 1 N–H and O–H groups in total. The van der Waals surface area contributed by atoms with Crippen molar-refractivity contribution in [3.05, 3.63) is 75.4 Å². The van der Waals surface area contributed by atoms with Crippen LogP contribution in [0.15, 0.2) is 59.2 Å². The largest absolute Gasteiger partial charge is 0.362 e. The molecule has 2 aromatic carbocycles. The van der Waals surface area contributed by atoms with Gasteiger partial charge in [-0.2, -0.15) is 0 Å². The Kier molecular flexibility index (Phi) is 4.99. The smallest absolute Gasteiger partial charge is 0.187 e. The molecule has 0 fully saturated rings. The van der Waals surface area contributed by atoms with Crippen LogP contribution in [0.5, 0.6) is 0 Å². The fourth-order valence-corrected chi connectivity index (χ4v) is 2.03. The second-order valence-corrected chi connectivity index (χ2v) is 5.60. The van der Waals surface area contributed by atoms with Gasteiger partial charge in [-0.25, -0.2) is 0 Å². The Morgan fingerprint density at radius 2 is 1.90 bits per heavy atom. The molecule has 0 saturated carbocycles. The minimum atomic E-state index is -0.0667. The summed E-state index contributed by atoms with van der Waals surface area (Å²) in [5.41, 5.74) is 2.68. The Morgan fingerprint density at radius 3 is 2.55 bits per heavy atom. The summed E-state index contributed by atoms with van der Waals surface area (Å²) < 4.78 is 1.06. The van der Waals surface area contributed by atoms with Crippen LogP contribution < -0.4 is 5.32 Å². The summed E-state index contributed by atoms with van der Waals surface area (Å²) in [6.45, 7) is 2.01. The molecule has 0 radical (unpaired) electrons. The van der Waals surface area contributed by atoms with Gasteiger partial charge in [-0.15, -0.1) is 0 Å². The topological polar surface area (TPSA) is 29.1 Å². The Labute approximate surface area is 131 Å². The minimum absolute atomic E-state index is 0.0667. The summed E-state index contributed by atoms with van der Waals surface area (Å²) in [6.07, 6.45) is 3.14. The predicted octanol–water partition coefficient (Wildman–Crippen LogP) is 5.22. The molecule has 2 aromatic rings. The molecule has 0 saturated heterocycles. The standard InChI is InChI=1S/C16H13BrClNO/c1-11-10-14(6-7-15(11)17)19-9-8-16(20)12-2-4-13(18)5-3-12/h2-10,19H,1H3/b9-8+. The quantitative estimate of drug-likeness (QED) is 0.605. The van der Waals surface area contributed by atoms with Crippen LogP contribution in [-0.2, 0) is 0 Å². The first kappa shape index (κ1) is 14.8. The molecule has 0 aliphatic rings. The van der Waals surface area contributed by atoms with Crippen LogP contribution in [0.4, 0.5) is 5.69 Å². The van der Waals surface area contributed by atoms with Crippen molar-refractivity contribution < 1.29 is 4.79 Å². The first-order chi connectivity index (χ1) is 9.56. The molecule has 0 amide bonds. The van der Waals surface area contributed by atoms with Gasteiger partial charge in [0.25, 0.3) is 0 Å². The highest BCUT2D eigenvalue weighted by Gasteiger charge is 2.01. The Balaban J connectivity index is 2.00. The van der Waals surface area contributed by atoms with Gasteiger partial charge >= 0.3 is 0 Å². The van der Waals surface area contributed by atoms with E-state index in [0.29, 0.717) is 10.6 Å². The fourth-order valence-electron chi connectivity index (χ4n) is 1.66. The molecule has 2 nitrogen and oxygen atoms in total. The molecule has 0 heterocycles. The van der Waals surface area contributed by atoms with E-state index < -0.39 is 0 Å². The Morgan fingerprint density at radius 1 is 1.20 bits per heavy atom. The number of hydrogen-bond donors (Lipinski definition) is 1. The monoisotopic (exact) mass is 349 g/mol. The predicted molar refractivity (Wildman–Crippen MR) is 87.4 cm³/mol. The SMILES string of the molecule is Cc1cc(N/C=C/C(=O)c2ccc(Cl)cc2)ccc1Br. The van der Waals surface area contributed by atoms with E-state index in [4.69, 9.17) is 11.6 Å². The summed E-state index contributed by atoms with van der Waals surface area (Å²) in [5, 5.41) is 3.70. The number of carbonyl (C=O) groups excluding carboxylic acids is 1. The van der Waals surface area contributed by atoms with Gasteiger partial charge in [0.05, 0.1) is 0 Å². The second-order valence-electron chi connectivity index (χ2n) is 4.31. The molecule has 0 aliphatic carbocycles. The third kappa shape index (κ3) is 3.95. The summed E-state index contributed by atoms with van der Waals surface area (Å²) >= 11 is 9.23. The molecule has 4 heteroatoms. The second kappa shape index (κ2) is 6.73. The van der Waals surface area contributed by atoms with Crippen LogP contribution in [0.2, 0.25) is 5.02 Å². The number of anilines is 1. The number of nitrogens with one attached hydrogen (secondary N) is 1. The zero-order chi connectivity index (χ0) is 14.5. The molecular weight excluding hydrogens is 338 g/mol. The average molecular weight is 351 g/mol. The van der Waals surface area contributed by atoms with Gasteiger partial charge in [0.1, 0.15) is 0 Å². The van der Waals surface area contributed by atoms with E-state index in [9.17, 15) is 4.79 Å². The van der Waals surface area contributed by atoms with Crippen molar-refractivity contribution in [3.8, 4) is 0 Å². The summed E-state index contributed by atoms with van der Waals surface area (Å²) in [4.78, 5) is 11.9. The number of aryl methyl sites for hydroxylation is 1. The molecule has 102 valence electrons. The van der Waals surface area contributed by atoms with Crippen molar-refractivity contribution >= 4 is 39.0 Å². The van der Waals surface area contributed by atoms with Crippen LogP contribution in [0, 0.1) is 6.92 Å². The third-order valence-corrected chi connectivity index (χ3v) is 3.91. The van der Waals surface area contributed by atoms with Crippen LogP contribution in [0.1, 0.15) is 15.9 Å². The first-order valence-corrected chi connectivity index (χ1v) is 7.22. The first-order valence-electron chi connectivity index (χ1n) is 6.05. The van der Waals surface area contributed by atoms with Crippen molar-refractivity contribution in [1.82, 2.24) is 0 Å². The highest BCUT2D eigenvalue weighted by molar-refractivity contribution is 9.10. The Bertz CT molecular complexity index is 650. The number of carbonyl (C=O) groups is 1. The highest BCUT2D eigenvalue weighted by atomic mass is 79.9. The summed E-state index contributed by atoms with van der Waals surface area (Å²) in [5.74, 6) is -0.0667. The van der Waals surface area contributed by atoms with Crippen molar-refractivity contribution in [3.63, 3.8) is 0 Å². The molecule has 2 rings (SSSR count). The lowest BCUT2D eigenvalue weighted by Crippen LogP contribution is -1.96. The fraction of sp³-hybridized carbons (Fsp3) is 0.0625. The number of halogens is 2. The van der Waals surface area contributed by atoms with Gasteiger partial charge < -0.3 is 5.32 Å². The number of benzene rings is 2. The Hall–Kier alpha value is -1.58. The molecule has 20 heavy (non-hydrogen) atoms. The average Bonchev–Trinajstić information content (AvgIpc) is 2.43. The van der Waals surface area contributed by atoms with Crippen molar-refractivity contribution in [1.29, 1.82) is 0 Å². The maximum Gasteiger partial charge on any atom is 0.187 e. The van der Waals surface area contributed by atoms with Crippen LogP contribution in [-0.4, -0.2) is 5.78 Å². The number of hydrogen-bond acceptors (Lipinski definition) is 2. The van der Waals surface area contributed by atoms with Crippen LogP contribution in [0.3, 0.4) is 0 Å².